The van der Waals surface area contributed by atoms with Gasteiger partial charge in [-0.25, -0.2) is 9.97 Å². The molecule has 0 aliphatic rings. The summed E-state index contributed by atoms with van der Waals surface area (Å²) in [6.45, 7) is 0. The number of para-hydroxylation sites is 1. The zero-order valence-corrected chi connectivity index (χ0v) is 17.1. The van der Waals surface area contributed by atoms with Gasteiger partial charge in [0.05, 0.1) is 22.1 Å². The van der Waals surface area contributed by atoms with Crippen molar-refractivity contribution in [1.82, 2.24) is 14.5 Å². The first-order valence-corrected chi connectivity index (χ1v) is 10.6. The molecule has 0 N–H and O–H groups in total. The van der Waals surface area contributed by atoms with Crippen molar-refractivity contribution in [2.24, 2.45) is 0 Å². The van der Waals surface area contributed by atoms with Crippen LogP contribution in [-0.4, -0.2) is 14.5 Å². The minimum atomic E-state index is 0.638. The Balaban J connectivity index is 1.64. The molecule has 0 bridgehead atoms. The predicted octanol–water partition coefficient (Wildman–Crippen LogP) is 7.14. The number of nitrogens with zero attached hydrogens (tertiary/aromatic N) is 3. The van der Waals surface area contributed by atoms with Crippen LogP contribution in [-0.2, 0) is 0 Å². The van der Waals surface area contributed by atoms with Crippen molar-refractivity contribution in [2.45, 2.75) is 0 Å². The molecule has 0 aliphatic carbocycles. The van der Waals surface area contributed by atoms with Crippen molar-refractivity contribution in [3.05, 3.63) is 104 Å². The highest BCUT2D eigenvalue weighted by molar-refractivity contribution is 6.21. The summed E-state index contributed by atoms with van der Waals surface area (Å²) in [6, 6.07) is 31.5. The maximum atomic E-state index is 5.52. The van der Waals surface area contributed by atoms with Gasteiger partial charge in [0.15, 0.2) is 0 Å². The van der Waals surface area contributed by atoms with Gasteiger partial charge in [-0.05, 0) is 22.9 Å². The van der Waals surface area contributed by atoms with Crippen molar-refractivity contribution in [2.75, 3.05) is 0 Å². The highest BCUT2D eigenvalue weighted by Gasteiger charge is 2.18. The first-order valence-electron chi connectivity index (χ1n) is 10.6. The average molecular weight is 411 g/mol. The monoisotopic (exact) mass is 411 g/mol. The van der Waals surface area contributed by atoms with Gasteiger partial charge in [-0.2, -0.15) is 0 Å². The van der Waals surface area contributed by atoms with Crippen LogP contribution >= 0.6 is 0 Å². The third-order valence-corrected chi connectivity index (χ3v) is 6.14. The van der Waals surface area contributed by atoms with Gasteiger partial charge in [-0.1, -0.05) is 78.9 Å². The summed E-state index contributed by atoms with van der Waals surface area (Å²) in [5, 5.41) is 5.77. The summed E-state index contributed by atoms with van der Waals surface area (Å²) >= 11 is 0. The van der Waals surface area contributed by atoms with Gasteiger partial charge < -0.3 is 4.42 Å². The van der Waals surface area contributed by atoms with Crippen molar-refractivity contribution in [3.8, 4) is 17.2 Å². The van der Waals surface area contributed by atoms with Crippen LogP contribution in [0.2, 0.25) is 0 Å². The molecule has 3 heterocycles. The second kappa shape index (κ2) is 6.53. The van der Waals surface area contributed by atoms with Crippen LogP contribution < -0.4 is 0 Å². The number of rotatable bonds is 2. The molecular formula is C28H17N3O. The predicted molar refractivity (Wildman–Crippen MR) is 129 cm³/mol. The Bertz CT molecular complexity index is 1780. The zero-order valence-electron chi connectivity index (χ0n) is 17.1. The van der Waals surface area contributed by atoms with Crippen LogP contribution in [0.4, 0.5) is 0 Å². The summed E-state index contributed by atoms with van der Waals surface area (Å²) in [6.07, 6.45) is 3.41. The Kier molecular flexibility index (Phi) is 3.52. The molecule has 150 valence electrons. The fourth-order valence-corrected chi connectivity index (χ4v) is 4.72. The first-order chi connectivity index (χ1) is 15.9. The lowest BCUT2D eigenvalue weighted by Gasteiger charge is -2.09. The van der Waals surface area contributed by atoms with E-state index in [1.807, 2.05) is 18.2 Å². The topological polar surface area (TPSA) is 43.9 Å². The van der Waals surface area contributed by atoms with Crippen LogP contribution in [0.15, 0.2) is 108 Å². The fraction of sp³-hybridized carbons (Fsp3) is 0. The van der Waals surface area contributed by atoms with E-state index < -0.39 is 0 Å². The van der Waals surface area contributed by atoms with Gasteiger partial charge in [-0.3, -0.25) is 4.57 Å². The number of hydrogen-bond acceptors (Lipinski definition) is 3. The summed E-state index contributed by atoms with van der Waals surface area (Å²) in [5.74, 6) is 0.638. The molecule has 32 heavy (non-hydrogen) atoms. The van der Waals surface area contributed by atoms with E-state index in [4.69, 9.17) is 14.4 Å². The van der Waals surface area contributed by atoms with Crippen LogP contribution in [0.5, 0.6) is 0 Å². The van der Waals surface area contributed by atoms with Gasteiger partial charge in [0, 0.05) is 16.3 Å². The van der Waals surface area contributed by atoms with E-state index in [1.54, 1.807) is 12.5 Å². The minimum absolute atomic E-state index is 0.638. The number of benzene rings is 4. The van der Waals surface area contributed by atoms with E-state index in [2.05, 4.69) is 77.4 Å². The molecule has 0 unspecified atom stereocenters. The summed E-state index contributed by atoms with van der Waals surface area (Å²) in [4.78, 5) is 9.96. The van der Waals surface area contributed by atoms with Gasteiger partial charge >= 0.3 is 0 Å². The zero-order chi connectivity index (χ0) is 21.1. The Hall–Kier alpha value is -4.44. The third kappa shape index (κ3) is 2.38. The molecule has 0 spiro atoms. The second-order valence-corrected chi connectivity index (χ2v) is 7.94. The number of hydrogen-bond donors (Lipinski definition) is 0. The smallest absolute Gasteiger partial charge is 0.235 e. The van der Waals surface area contributed by atoms with Crippen LogP contribution in [0.25, 0.3) is 60.7 Å². The largest absolute Gasteiger partial charge is 0.470 e. The Labute approximate surface area is 183 Å². The van der Waals surface area contributed by atoms with E-state index in [0.29, 0.717) is 5.95 Å². The molecule has 0 aliphatic heterocycles. The lowest BCUT2D eigenvalue weighted by molar-refractivity contribution is 0.572. The molecule has 0 radical (unpaired) electrons. The summed E-state index contributed by atoms with van der Waals surface area (Å²) in [5.41, 5.74) is 4.87. The molecule has 0 atom stereocenters. The molecule has 0 amide bonds. The molecule has 4 heteroatoms. The van der Waals surface area contributed by atoms with Crippen LogP contribution in [0.1, 0.15) is 0 Å². The summed E-state index contributed by atoms with van der Waals surface area (Å²) in [7, 11) is 0. The van der Waals surface area contributed by atoms with E-state index in [0.717, 1.165) is 33.2 Å². The third-order valence-electron chi connectivity index (χ3n) is 6.14. The lowest BCUT2D eigenvalue weighted by atomic mass is 10.0. The molecule has 7 rings (SSSR count). The molecule has 4 nitrogen and oxygen atoms in total. The van der Waals surface area contributed by atoms with Crippen molar-refractivity contribution >= 4 is 43.5 Å². The molecule has 0 saturated heterocycles. The van der Waals surface area contributed by atoms with E-state index in [9.17, 15) is 0 Å². The molecule has 7 aromatic rings. The SMILES string of the molecule is c1ccc(-c2nc(-n3c4ccccc4c4c5ccccc5ccc43)nc3cocc23)cc1. The molecular weight excluding hydrogens is 394 g/mol. The van der Waals surface area contributed by atoms with Gasteiger partial charge in [0.1, 0.15) is 18.0 Å². The summed E-state index contributed by atoms with van der Waals surface area (Å²) < 4.78 is 7.68. The maximum Gasteiger partial charge on any atom is 0.235 e. The van der Waals surface area contributed by atoms with Crippen LogP contribution in [0.3, 0.4) is 0 Å². The minimum Gasteiger partial charge on any atom is -0.470 e. The normalized spacial score (nSPS) is 11.8. The van der Waals surface area contributed by atoms with Gasteiger partial charge in [-0.15, -0.1) is 0 Å². The Morgan fingerprint density at radius 2 is 1.38 bits per heavy atom. The molecule has 4 aromatic carbocycles. The lowest BCUT2D eigenvalue weighted by Crippen LogP contribution is -2.02. The first kappa shape index (κ1) is 17.3. The van der Waals surface area contributed by atoms with Gasteiger partial charge in [0.25, 0.3) is 0 Å². The van der Waals surface area contributed by atoms with E-state index in [1.165, 1.54) is 21.5 Å². The second-order valence-electron chi connectivity index (χ2n) is 7.94. The van der Waals surface area contributed by atoms with E-state index >= 15 is 0 Å². The number of aromatic nitrogens is 3. The molecule has 3 aromatic heterocycles. The fourth-order valence-electron chi connectivity index (χ4n) is 4.72. The maximum absolute atomic E-state index is 5.52. The Morgan fingerprint density at radius 1 is 0.594 bits per heavy atom. The van der Waals surface area contributed by atoms with Crippen molar-refractivity contribution in [3.63, 3.8) is 0 Å². The number of fused-ring (bicyclic) bond motifs is 6. The van der Waals surface area contributed by atoms with Crippen molar-refractivity contribution in [1.29, 1.82) is 0 Å². The van der Waals surface area contributed by atoms with E-state index in [-0.39, 0.29) is 0 Å². The van der Waals surface area contributed by atoms with Crippen molar-refractivity contribution < 1.29 is 4.42 Å². The highest BCUT2D eigenvalue weighted by atomic mass is 16.3. The quantitative estimate of drug-likeness (QED) is 0.304. The van der Waals surface area contributed by atoms with Crippen LogP contribution in [0, 0.1) is 0 Å². The highest BCUT2D eigenvalue weighted by Crippen LogP contribution is 2.37. The Morgan fingerprint density at radius 3 is 2.28 bits per heavy atom. The molecule has 0 fully saturated rings. The standard InChI is InChI=1S/C28H17N3O/c1-2-9-19(10-3-1)27-22-16-32-17-23(22)29-28(30-27)31-24-13-7-6-12-21(24)26-20-11-5-4-8-18(20)14-15-25(26)31/h1-17H. The average Bonchev–Trinajstić information content (AvgIpc) is 3.46. The molecule has 0 saturated carbocycles. The van der Waals surface area contributed by atoms with Gasteiger partial charge in [0.2, 0.25) is 5.95 Å². The number of furan rings is 1.